The monoisotopic (exact) mass is 426 g/mol. The highest BCUT2D eigenvalue weighted by atomic mass is 35.5. The van der Waals surface area contributed by atoms with E-state index in [0.29, 0.717) is 22.2 Å². The Balaban J connectivity index is 1.52. The highest BCUT2D eigenvalue weighted by molar-refractivity contribution is 6.30. The minimum atomic E-state index is -2.23. The van der Waals surface area contributed by atoms with Crippen molar-refractivity contribution in [3.8, 4) is 6.07 Å². The number of aromatic amines is 1. The fourth-order valence-electron chi connectivity index (χ4n) is 3.57. The number of carbonyl (C=O) groups is 2. The zero-order valence-electron chi connectivity index (χ0n) is 15.6. The van der Waals surface area contributed by atoms with Crippen LogP contribution in [-0.2, 0) is 16.1 Å². The van der Waals surface area contributed by atoms with Gasteiger partial charge in [0.2, 0.25) is 5.60 Å². The van der Waals surface area contributed by atoms with Gasteiger partial charge < -0.3 is 20.3 Å². The summed E-state index contributed by atoms with van der Waals surface area (Å²) in [6.07, 6.45) is 1.47. The second kappa shape index (κ2) is 7.44. The first-order valence-corrected chi connectivity index (χ1v) is 9.48. The van der Waals surface area contributed by atoms with Gasteiger partial charge in [-0.1, -0.05) is 11.6 Å². The van der Waals surface area contributed by atoms with Crippen LogP contribution in [0.2, 0.25) is 5.02 Å². The van der Waals surface area contributed by atoms with Gasteiger partial charge in [0.1, 0.15) is 11.9 Å². The van der Waals surface area contributed by atoms with Gasteiger partial charge in [-0.3, -0.25) is 9.59 Å². The number of anilines is 1. The maximum atomic E-state index is 13.4. The van der Waals surface area contributed by atoms with Crippen molar-refractivity contribution >= 4 is 40.0 Å². The van der Waals surface area contributed by atoms with Gasteiger partial charge in [-0.2, -0.15) is 5.26 Å². The van der Waals surface area contributed by atoms with Crippen molar-refractivity contribution in [2.75, 3.05) is 11.4 Å². The molecule has 2 aromatic carbocycles. The maximum absolute atomic E-state index is 13.4. The molecule has 152 valence electrons. The van der Waals surface area contributed by atoms with E-state index < -0.39 is 23.2 Å². The Labute approximate surface area is 175 Å². The third kappa shape index (κ3) is 3.38. The number of hydrogen-bond acceptors (Lipinski definition) is 4. The molecule has 1 atom stereocenters. The Morgan fingerprint density at radius 3 is 2.90 bits per heavy atom. The number of hydrogen-bond donors (Lipinski definition) is 3. The molecule has 2 amide bonds. The molecule has 4 rings (SSSR count). The molecule has 2 heterocycles. The highest BCUT2D eigenvalue weighted by Gasteiger charge is 2.51. The predicted molar refractivity (Wildman–Crippen MR) is 108 cm³/mol. The van der Waals surface area contributed by atoms with E-state index in [1.54, 1.807) is 24.4 Å². The summed E-state index contributed by atoms with van der Waals surface area (Å²) in [5, 5.41) is 23.3. The molecule has 1 unspecified atom stereocenters. The number of halogens is 2. The van der Waals surface area contributed by atoms with E-state index in [2.05, 4.69) is 16.4 Å². The molecule has 0 bridgehead atoms. The molecule has 1 aromatic heterocycles. The number of nitrogens with zero attached hydrogens (tertiary/aromatic N) is 2. The van der Waals surface area contributed by atoms with Gasteiger partial charge in [0, 0.05) is 47.3 Å². The fourth-order valence-corrected chi connectivity index (χ4v) is 3.82. The molecule has 3 N–H and O–H groups in total. The first-order valence-electron chi connectivity index (χ1n) is 9.10. The van der Waals surface area contributed by atoms with Gasteiger partial charge in [0.05, 0.1) is 5.56 Å². The van der Waals surface area contributed by atoms with Gasteiger partial charge in [-0.05, 0) is 42.0 Å². The van der Waals surface area contributed by atoms with Gasteiger partial charge in [0.25, 0.3) is 11.8 Å². The number of aromatic nitrogens is 1. The first-order chi connectivity index (χ1) is 14.3. The molecule has 30 heavy (non-hydrogen) atoms. The van der Waals surface area contributed by atoms with Crippen LogP contribution >= 0.6 is 11.6 Å². The Hall–Kier alpha value is -3.41. The number of amides is 2. The highest BCUT2D eigenvalue weighted by Crippen LogP contribution is 2.31. The van der Waals surface area contributed by atoms with E-state index in [9.17, 15) is 24.3 Å². The Kier molecular flexibility index (Phi) is 4.94. The Morgan fingerprint density at radius 1 is 1.37 bits per heavy atom. The van der Waals surface area contributed by atoms with Crippen LogP contribution in [0, 0.1) is 17.1 Å². The largest absolute Gasteiger partial charge is 0.372 e. The number of nitriles is 1. The minimum Gasteiger partial charge on any atom is -0.372 e. The van der Waals surface area contributed by atoms with Crippen LogP contribution < -0.4 is 10.2 Å². The SMILES string of the molecule is N#Cc1c[nH]c2ccc(N3CCC(O)(C(=O)NCc4cc(F)cc(Cl)c4)C3=O)cc12. The quantitative estimate of drug-likeness (QED) is 0.557. The van der Waals surface area contributed by atoms with Crippen molar-refractivity contribution in [2.24, 2.45) is 0 Å². The van der Waals surface area contributed by atoms with Gasteiger partial charge in [-0.15, -0.1) is 0 Å². The zero-order chi connectivity index (χ0) is 21.5. The molecule has 1 fully saturated rings. The van der Waals surface area contributed by atoms with Crippen molar-refractivity contribution in [3.05, 3.63) is 64.6 Å². The summed E-state index contributed by atoms with van der Waals surface area (Å²) < 4.78 is 13.4. The summed E-state index contributed by atoms with van der Waals surface area (Å²) in [5.74, 6) is -2.17. The summed E-state index contributed by atoms with van der Waals surface area (Å²) in [6, 6.07) is 11.0. The number of fused-ring (bicyclic) bond motifs is 1. The van der Waals surface area contributed by atoms with E-state index in [1.807, 2.05) is 0 Å². The van der Waals surface area contributed by atoms with Crippen LogP contribution in [0.15, 0.2) is 42.6 Å². The molecule has 0 aliphatic carbocycles. The molecule has 0 spiro atoms. The molecule has 9 heteroatoms. The lowest BCUT2D eigenvalue weighted by molar-refractivity contribution is -0.149. The van der Waals surface area contributed by atoms with Crippen LogP contribution in [0.25, 0.3) is 10.9 Å². The molecule has 3 aromatic rings. The molecular weight excluding hydrogens is 411 g/mol. The predicted octanol–water partition coefficient (Wildman–Crippen LogP) is 2.62. The maximum Gasteiger partial charge on any atom is 0.268 e. The molecule has 0 saturated carbocycles. The number of nitrogens with one attached hydrogen (secondary N) is 2. The number of rotatable bonds is 4. The van der Waals surface area contributed by atoms with E-state index >= 15 is 0 Å². The number of aliphatic hydroxyl groups is 1. The second-order valence-corrected chi connectivity index (χ2v) is 7.51. The number of carbonyl (C=O) groups excluding carboxylic acids is 2. The number of benzene rings is 2. The molecule has 1 saturated heterocycles. The Morgan fingerprint density at radius 2 is 2.17 bits per heavy atom. The minimum absolute atomic E-state index is 0.0905. The summed E-state index contributed by atoms with van der Waals surface area (Å²) in [4.78, 5) is 29.7. The summed E-state index contributed by atoms with van der Waals surface area (Å²) in [6.45, 7) is 0.0408. The summed E-state index contributed by atoms with van der Waals surface area (Å²) >= 11 is 5.80. The molecule has 1 aliphatic rings. The zero-order valence-corrected chi connectivity index (χ0v) is 16.3. The molecule has 0 radical (unpaired) electrons. The van der Waals surface area contributed by atoms with Crippen molar-refractivity contribution in [1.82, 2.24) is 10.3 Å². The summed E-state index contributed by atoms with van der Waals surface area (Å²) in [7, 11) is 0. The normalized spacial score (nSPS) is 18.6. The van der Waals surface area contributed by atoms with Crippen molar-refractivity contribution < 1.29 is 19.1 Å². The molecule has 1 aliphatic heterocycles. The lowest BCUT2D eigenvalue weighted by Gasteiger charge is -2.22. The molecule has 7 nitrogen and oxygen atoms in total. The van der Waals surface area contributed by atoms with E-state index in [4.69, 9.17) is 11.6 Å². The van der Waals surface area contributed by atoms with Crippen molar-refractivity contribution in [3.63, 3.8) is 0 Å². The van der Waals surface area contributed by atoms with Crippen LogP contribution in [0.1, 0.15) is 17.5 Å². The van der Waals surface area contributed by atoms with Crippen molar-refractivity contribution in [1.29, 1.82) is 5.26 Å². The average Bonchev–Trinajstić information content (AvgIpc) is 3.26. The van der Waals surface area contributed by atoms with Crippen LogP contribution in [-0.4, -0.2) is 34.1 Å². The molecular formula is C21H16ClFN4O3. The number of H-pyrrole nitrogens is 1. The van der Waals surface area contributed by atoms with Gasteiger partial charge >= 0.3 is 0 Å². The van der Waals surface area contributed by atoms with Crippen LogP contribution in [0.3, 0.4) is 0 Å². The average molecular weight is 427 g/mol. The fraction of sp³-hybridized carbons (Fsp3) is 0.190. The third-order valence-electron chi connectivity index (χ3n) is 5.14. The third-order valence-corrected chi connectivity index (χ3v) is 5.36. The lowest BCUT2D eigenvalue weighted by Crippen LogP contribution is -2.52. The van der Waals surface area contributed by atoms with Gasteiger partial charge in [0.15, 0.2) is 0 Å². The van der Waals surface area contributed by atoms with E-state index in [0.717, 1.165) is 11.6 Å². The first kappa shape index (κ1) is 19.9. The van der Waals surface area contributed by atoms with E-state index in [-0.39, 0.29) is 24.5 Å². The topological polar surface area (TPSA) is 109 Å². The lowest BCUT2D eigenvalue weighted by atomic mass is 10.0. The van der Waals surface area contributed by atoms with E-state index in [1.165, 1.54) is 17.0 Å². The standard InChI is InChI=1S/C21H16ClFN4O3/c22-14-5-12(6-15(23)7-14)10-26-19(28)21(30)3-4-27(20(21)29)16-1-2-18-17(8-16)13(9-24)11-25-18/h1-2,5-8,11,25,30H,3-4,10H2,(H,26,28). The summed E-state index contributed by atoms with van der Waals surface area (Å²) in [5.41, 5.74) is -0.183. The van der Waals surface area contributed by atoms with Gasteiger partial charge in [-0.25, -0.2) is 4.39 Å². The smallest absolute Gasteiger partial charge is 0.268 e. The Bertz CT molecular complexity index is 1200. The van der Waals surface area contributed by atoms with Crippen LogP contribution in [0.4, 0.5) is 10.1 Å². The van der Waals surface area contributed by atoms with Crippen LogP contribution in [0.5, 0.6) is 0 Å². The second-order valence-electron chi connectivity index (χ2n) is 7.07. The van der Waals surface area contributed by atoms with Crippen molar-refractivity contribution in [2.45, 2.75) is 18.6 Å².